The summed E-state index contributed by atoms with van der Waals surface area (Å²) in [6, 6.07) is 13.6. The molecule has 0 aliphatic heterocycles. The first-order valence-corrected chi connectivity index (χ1v) is 8.75. The van der Waals surface area contributed by atoms with Crippen LogP contribution in [0, 0.1) is 5.82 Å². The van der Waals surface area contributed by atoms with E-state index in [1.807, 2.05) is 42.5 Å². The molecule has 6 heteroatoms. The second kappa shape index (κ2) is 6.37. The number of halogens is 1. The summed E-state index contributed by atoms with van der Waals surface area (Å²) in [5, 5.41) is 11.6. The number of aliphatic hydroxyl groups excluding tert-OH is 1. The Bertz CT molecular complexity index is 834. The number of amides is 1. The predicted octanol–water partition coefficient (Wildman–Crippen LogP) is 2.62. The lowest BCUT2D eigenvalue weighted by Gasteiger charge is -2.21. The molecule has 0 aromatic heterocycles. The molecule has 2 aliphatic rings. The van der Waals surface area contributed by atoms with E-state index < -0.39 is 12.3 Å². The standard InChI is InChI=1S/C20H21FN2O3/c21-18-14-7-6-13(12-4-2-1-3-5-12)17(18)20(8-9-20)15(14)10-23-19(25)26-11-16(22)24/h1-7,15-16,24H,8-11,22H2,(H,23,25). The van der Waals surface area contributed by atoms with Crippen LogP contribution >= 0.6 is 0 Å². The first-order chi connectivity index (χ1) is 12.5. The third-order valence-electron chi connectivity index (χ3n) is 5.42. The summed E-state index contributed by atoms with van der Waals surface area (Å²) in [5.74, 6) is -0.258. The maximum absolute atomic E-state index is 15.1. The molecule has 0 heterocycles. The number of benzene rings is 2. The van der Waals surface area contributed by atoms with Crippen LogP contribution in [-0.2, 0) is 10.2 Å². The van der Waals surface area contributed by atoms with Crippen LogP contribution in [0.2, 0.25) is 0 Å². The van der Waals surface area contributed by atoms with Crippen LogP contribution in [0.1, 0.15) is 29.9 Å². The number of fused-ring (bicyclic) bond motifs is 3. The molecule has 1 spiro atoms. The van der Waals surface area contributed by atoms with Crippen LogP contribution in [0.4, 0.5) is 9.18 Å². The Morgan fingerprint density at radius 3 is 2.69 bits per heavy atom. The normalized spacial score (nSPS) is 20.0. The highest BCUT2D eigenvalue weighted by Crippen LogP contribution is 2.64. The van der Waals surface area contributed by atoms with Gasteiger partial charge in [-0.1, -0.05) is 42.5 Å². The quantitative estimate of drug-likeness (QED) is 0.719. The average molecular weight is 356 g/mol. The zero-order valence-electron chi connectivity index (χ0n) is 14.2. The molecular formula is C20H21FN2O3. The predicted molar refractivity (Wildman–Crippen MR) is 95.0 cm³/mol. The van der Waals surface area contributed by atoms with Gasteiger partial charge in [-0.15, -0.1) is 0 Å². The summed E-state index contributed by atoms with van der Waals surface area (Å²) < 4.78 is 19.9. The van der Waals surface area contributed by atoms with Gasteiger partial charge in [0.25, 0.3) is 0 Å². The molecular weight excluding hydrogens is 335 g/mol. The van der Waals surface area contributed by atoms with Gasteiger partial charge in [0.2, 0.25) is 0 Å². The molecule has 2 aromatic rings. The van der Waals surface area contributed by atoms with Crippen LogP contribution in [0.25, 0.3) is 11.1 Å². The highest BCUT2D eigenvalue weighted by atomic mass is 19.1. The van der Waals surface area contributed by atoms with Crippen molar-refractivity contribution in [3.05, 3.63) is 59.4 Å². The van der Waals surface area contributed by atoms with Gasteiger partial charge >= 0.3 is 6.09 Å². The molecule has 2 atom stereocenters. The topological polar surface area (TPSA) is 84.6 Å². The Labute approximate surface area is 151 Å². The van der Waals surface area contributed by atoms with Crippen LogP contribution in [0.5, 0.6) is 0 Å². The van der Waals surface area contributed by atoms with E-state index in [4.69, 9.17) is 15.6 Å². The van der Waals surface area contributed by atoms with Gasteiger partial charge in [0.15, 0.2) is 0 Å². The van der Waals surface area contributed by atoms with Crippen molar-refractivity contribution >= 4 is 6.09 Å². The van der Waals surface area contributed by atoms with Gasteiger partial charge in [0.1, 0.15) is 18.7 Å². The average Bonchev–Trinajstić information content (AvgIpc) is 3.41. The van der Waals surface area contributed by atoms with Crippen molar-refractivity contribution in [3.63, 3.8) is 0 Å². The Morgan fingerprint density at radius 1 is 1.31 bits per heavy atom. The van der Waals surface area contributed by atoms with Crippen LogP contribution in [0.15, 0.2) is 42.5 Å². The molecule has 26 heavy (non-hydrogen) atoms. The number of carbonyl (C=O) groups excluding carboxylic acids is 1. The molecule has 1 saturated carbocycles. The SMILES string of the molecule is NC(O)COC(=O)NCC1c2ccc(-c3ccccc3)c(c2F)C12CC2. The highest BCUT2D eigenvalue weighted by molar-refractivity contribution is 5.74. The summed E-state index contributed by atoms with van der Waals surface area (Å²) in [7, 11) is 0. The minimum Gasteiger partial charge on any atom is -0.445 e. The number of ether oxygens (including phenoxy) is 1. The molecule has 136 valence electrons. The Kier molecular flexibility index (Phi) is 4.17. The van der Waals surface area contributed by atoms with Gasteiger partial charge < -0.3 is 20.9 Å². The first kappa shape index (κ1) is 17.0. The lowest BCUT2D eigenvalue weighted by molar-refractivity contribution is 0.0715. The fourth-order valence-corrected chi connectivity index (χ4v) is 4.11. The Morgan fingerprint density at radius 2 is 2.04 bits per heavy atom. The zero-order chi connectivity index (χ0) is 18.3. The number of nitrogens with one attached hydrogen (secondary N) is 1. The molecule has 4 rings (SSSR count). The number of carbonyl (C=O) groups is 1. The molecule has 2 aromatic carbocycles. The second-order valence-electron chi connectivity index (χ2n) is 7.01. The van der Waals surface area contributed by atoms with Crippen molar-refractivity contribution in [2.75, 3.05) is 13.2 Å². The minimum absolute atomic E-state index is 0.106. The largest absolute Gasteiger partial charge is 0.445 e. The van der Waals surface area contributed by atoms with Crippen LogP contribution < -0.4 is 11.1 Å². The second-order valence-corrected chi connectivity index (χ2v) is 7.01. The Balaban J connectivity index is 1.56. The molecule has 1 fully saturated rings. The van der Waals surface area contributed by atoms with E-state index in [9.17, 15) is 4.79 Å². The molecule has 1 amide bonds. The van der Waals surface area contributed by atoms with E-state index in [1.54, 1.807) is 0 Å². The Hall–Kier alpha value is -2.44. The molecule has 2 unspecified atom stereocenters. The van der Waals surface area contributed by atoms with Crippen molar-refractivity contribution < 1.29 is 19.0 Å². The maximum atomic E-state index is 15.1. The zero-order valence-corrected chi connectivity index (χ0v) is 14.2. The van der Waals surface area contributed by atoms with Crippen molar-refractivity contribution in [1.82, 2.24) is 5.32 Å². The van der Waals surface area contributed by atoms with Gasteiger partial charge in [0.05, 0.1) is 0 Å². The molecule has 4 N–H and O–H groups in total. The lowest BCUT2D eigenvalue weighted by atomic mass is 9.85. The van der Waals surface area contributed by atoms with E-state index in [2.05, 4.69) is 5.32 Å². The van der Waals surface area contributed by atoms with E-state index >= 15 is 4.39 Å². The third-order valence-corrected chi connectivity index (χ3v) is 5.42. The molecule has 2 aliphatic carbocycles. The van der Waals surface area contributed by atoms with Crippen molar-refractivity contribution in [2.24, 2.45) is 5.73 Å². The number of aliphatic hydroxyl groups is 1. The van der Waals surface area contributed by atoms with Gasteiger partial charge in [-0.3, -0.25) is 0 Å². The summed E-state index contributed by atoms with van der Waals surface area (Å²) >= 11 is 0. The highest BCUT2D eigenvalue weighted by Gasteiger charge is 2.58. The van der Waals surface area contributed by atoms with Crippen LogP contribution in [0.3, 0.4) is 0 Å². The van der Waals surface area contributed by atoms with E-state index in [-0.39, 0.29) is 30.3 Å². The maximum Gasteiger partial charge on any atom is 0.407 e. The molecule has 0 saturated heterocycles. The van der Waals surface area contributed by atoms with Gasteiger partial charge in [0, 0.05) is 23.4 Å². The van der Waals surface area contributed by atoms with Crippen molar-refractivity contribution in [3.8, 4) is 11.1 Å². The number of hydrogen-bond donors (Lipinski definition) is 3. The number of alkyl carbamates (subject to hydrolysis) is 1. The minimum atomic E-state index is -1.21. The van der Waals surface area contributed by atoms with E-state index in [0.717, 1.165) is 29.5 Å². The third kappa shape index (κ3) is 2.75. The molecule has 0 radical (unpaired) electrons. The molecule has 2 bridgehead atoms. The summed E-state index contributed by atoms with van der Waals surface area (Å²) in [5.41, 5.74) is 8.27. The molecule has 5 nitrogen and oxygen atoms in total. The van der Waals surface area contributed by atoms with Gasteiger partial charge in [-0.25, -0.2) is 9.18 Å². The summed E-state index contributed by atoms with van der Waals surface area (Å²) in [6.45, 7) is 0.0140. The van der Waals surface area contributed by atoms with Crippen molar-refractivity contribution in [1.29, 1.82) is 0 Å². The number of hydrogen-bond acceptors (Lipinski definition) is 4. The first-order valence-electron chi connectivity index (χ1n) is 8.75. The summed E-state index contributed by atoms with van der Waals surface area (Å²) in [4.78, 5) is 11.8. The lowest BCUT2D eigenvalue weighted by Crippen LogP contribution is -2.35. The fourth-order valence-electron chi connectivity index (χ4n) is 4.11. The van der Waals surface area contributed by atoms with E-state index in [1.165, 1.54) is 0 Å². The fraction of sp³-hybridized carbons (Fsp3) is 0.350. The smallest absolute Gasteiger partial charge is 0.407 e. The summed E-state index contributed by atoms with van der Waals surface area (Å²) in [6.07, 6.45) is -0.0581. The van der Waals surface area contributed by atoms with E-state index in [0.29, 0.717) is 5.56 Å². The van der Waals surface area contributed by atoms with Crippen LogP contribution in [-0.4, -0.2) is 30.6 Å². The van der Waals surface area contributed by atoms with Gasteiger partial charge in [-0.2, -0.15) is 0 Å². The van der Waals surface area contributed by atoms with Crippen molar-refractivity contribution in [2.45, 2.75) is 30.4 Å². The number of nitrogens with two attached hydrogens (primary N) is 1. The van der Waals surface area contributed by atoms with Gasteiger partial charge in [-0.05, 0) is 29.5 Å². The monoisotopic (exact) mass is 356 g/mol. The number of rotatable bonds is 5.